The number of rotatable bonds is 5. The highest BCUT2D eigenvalue weighted by atomic mass is 32.1. The van der Waals surface area contributed by atoms with Crippen LogP contribution in [0.5, 0.6) is 0 Å². The van der Waals surface area contributed by atoms with Gasteiger partial charge >= 0.3 is 0 Å². The summed E-state index contributed by atoms with van der Waals surface area (Å²) in [6, 6.07) is 1.83. The van der Waals surface area contributed by atoms with Gasteiger partial charge in [0.2, 0.25) is 11.8 Å². The first-order valence-corrected chi connectivity index (χ1v) is 9.86. The van der Waals surface area contributed by atoms with Crippen LogP contribution in [0.1, 0.15) is 34.9 Å². The van der Waals surface area contributed by atoms with Gasteiger partial charge in [-0.3, -0.25) is 9.59 Å². The lowest BCUT2D eigenvalue weighted by Crippen LogP contribution is -2.40. The fourth-order valence-electron chi connectivity index (χ4n) is 4.38. The van der Waals surface area contributed by atoms with E-state index in [-0.39, 0.29) is 30.4 Å². The molecule has 2 aromatic rings. The van der Waals surface area contributed by atoms with E-state index in [2.05, 4.69) is 15.5 Å². The van der Waals surface area contributed by atoms with Gasteiger partial charge in [-0.1, -0.05) is 5.16 Å². The molecule has 1 saturated heterocycles. The van der Waals surface area contributed by atoms with Gasteiger partial charge in [0.15, 0.2) is 5.82 Å². The van der Waals surface area contributed by atoms with Crippen LogP contribution in [0, 0.1) is 12.8 Å². The van der Waals surface area contributed by atoms with E-state index in [9.17, 15) is 9.59 Å². The van der Waals surface area contributed by atoms with Gasteiger partial charge in [-0.25, -0.2) is 0 Å². The molecule has 0 bridgehead atoms. The molecule has 9 heteroatoms. The Hall–Kier alpha value is -2.26. The Morgan fingerprint density at radius 3 is 3.04 bits per heavy atom. The summed E-state index contributed by atoms with van der Waals surface area (Å²) in [5.41, 5.74) is 0.258. The number of aromatic nitrogens is 2. The molecule has 27 heavy (non-hydrogen) atoms. The summed E-state index contributed by atoms with van der Waals surface area (Å²) >= 11 is 1.50. The van der Waals surface area contributed by atoms with Gasteiger partial charge in [0.1, 0.15) is 6.61 Å². The van der Waals surface area contributed by atoms with Crippen molar-refractivity contribution in [1.82, 2.24) is 20.4 Å². The van der Waals surface area contributed by atoms with Gasteiger partial charge in [-0.15, -0.1) is 0 Å². The van der Waals surface area contributed by atoms with E-state index in [1.54, 1.807) is 6.92 Å². The van der Waals surface area contributed by atoms with Gasteiger partial charge < -0.3 is 19.5 Å². The van der Waals surface area contributed by atoms with Crippen LogP contribution in [-0.4, -0.2) is 59.7 Å². The van der Waals surface area contributed by atoms with Crippen molar-refractivity contribution < 1.29 is 18.8 Å². The van der Waals surface area contributed by atoms with Crippen molar-refractivity contribution in [2.45, 2.75) is 31.2 Å². The van der Waals surface area contributed by atoms with Crippen molar-refractivity contribution in [2.75, 3.05) is 26.8 Å². The van der Waals surface area contributed by atoms with E-state index in [1.165, 1.54) is 18.4 Å². The summed E-state index contributed by atoms with van der Waals surface area (Å²) < 4.78 is 10.5. The molecule has 144 valence electrons. The average molecular weight is 390 g/mol. The SMILES string of the molecule is COCC(=O)N1CC2C[C@@H](NC(=O)c3ccsc3)C[C@]2(c2nc(C)no2)C1. The Labute approximate surface area is 160 Å². The number of aryl methyl sites for hydroxylation is 1. The molecule has 0 spiro atoms. The molecule has 2 amide bonds. The van der Waals surface area contributed by atoms with Crippen LogP contribution in [0.3, 0.4) is 0 Å². The third kappa shape index (κ3) is 3.25. The van der Waals surface area contributed by atoms with E-state index >= 15 is 0 Å². The van der Waals surface area contributed by atoms with Crippen LogP contribution < -0.4 is 5.32 Å². The normalized spacial score (nSPS) is 27.0. The van der Waals surface area contributed by atoms with Crippen molar-refractivity contribution in [2.24, 2.45) is 5.92 Å². The van der Waals surface area contributed by atoms with E-state index in [0.29, 0.717) is 36.8 Å². The Bertz CT molecular complexity index is 836. The van der Waals surface area contributed by atoms with E-state index in [0.717, 1.165) is 6.42 Å². The molecule has 1 saturated carbocycles. The lowest BCUT2D eigenvalue weighted by Gasteiger charge is -2.25. The number of nitrogens with one attached hydrogen (secondary N) is 1. The van der Waals surface area contributed by atoms with Crippen LogP contribution in [0.15, 0.2) is 21.3 Å². The molecule has 8 nitrogen and oxygen atoms in total. The summed E-state index contributed by atoms with van der Waals surface area (Å²) in [4.78, 5) is 31.1. The van der Waals surface area contributed by atoms with Crippen molar-refractivity contribution in [3.63, 3.8) is 0 Å². The number of hydrogen-bond acceptors (Lipinski definition) is 7. The third-order valence-electron chi connectivity index (χ3n) is 5.57. The molecule has 2 fully saturated rings. The number of ether oxygens (including phenoxy) is 1. The van der Waals surface area contributed by atoms with Crippen LogP contribution in [0.4, 0.5) is 0 Å². The second-order valence-electron chi connectivity index (χ2n) is 7.33. The first kappa shape index (κ1) is 18.1. The number of fused-ring (bicyclic) bond motifs is 1. The standard InChI is InChI=1S/C18H22N4O4S/c1-11-19-17(26-21-11)18-6-14(20-16(24)12-3-4-27-9-12)5-13(18)7-22(10-18)15(23)8-25-2/h3-4,9,13-14H,5-8,10H2,1-2H3,(H,20,24)/t13?,14-,18+/m1/s1. The molecule has 1 N–H and O–H groups in total. The summed E-state index contributed by atoms with van der Waals surface area (Å²) in [6.07, 6.45) is 1.44. The second kappa shape index (κ2) is 7.05. The molecule has 4 rings (SSSR count). The maximum atomic E-state index is 12.4. The summed E-state index contributed by atoms with van der Waals surface area (Å²) in [6.45, 7) is 2.96. The molecule has 1 aliphatic carbocycles. The van der Waals surface area contributed by atoms with E-state index in [1.807, 2.05) is 21.7 Å². The number of carbonyl (C=O) groups excluding carboxylic acids is 2. The molecule has 0 aromatic carbocycles. The van der Waals surface area contributed by atoms with Crippen molar-refractivity contribution in [3.8, 4) is 0 Å². The first-order chi connectivity index (χ1) is 13.0. The Balaban J connectivity index is 1.55. The molecule has 2 aromatic heterocycles. The minimum absolute atomic E-state index is 0.00860. The highest BCUT2D eigenvalue weighted by molar-refractivity contribution is 7.08. The molecule has 2 aliphatic rings. The van der Waals surface area contributed by atoms with Gasteiger partial charge in [0, 0.05) is 37.2 Å². The third-order valence-corrected chi connectivity index (χ3v) is 6.25. The largest absolute Gasteiger partial charge is 0.375 e. The Morgan fingerprint density at radius 1 is 1.52 bits per heavy atom. The second-order valence-corrected chi connectivity index (χ2v) is 8.11. The first-order valence-electron chi connectivity index (χ1n) is 8.92. The molecular weight excluding hydrogens is 368 g/mol. The lowest BCUT2D eigenvalue weighted by molar-refractivity contribution is -0.134. The highest BCUT2D eigenvalue weighted by Crippen LogP contribution is 2.50. The summed E-state index contributed by atoms with van der Waals surface area (Å²) in [7, 11) is 1.52. The zero-order chi connectivity index (χ0) is 19.0. The quantitative estimate of drug-likeness (QED) is 0.828. The number of methoxy groups -OCH3 is 1. The molecule has 3 atom stereocenters. The maximum Gasteiger partial charge on any atom is 0.252 e. The van der Waals surface area contributed by atoms with Crippen LogP contribution in [0.2, 0.25) is 0 Å². The van der Waals surface area contributed by atoms with Gasteiger partial charge in [0.05, 0.1) is 5.41 Å². The van der Waals surface area contributed by atoms with Gasteiger partial charge in [0.25, 0.3) is 5.91 Å². The smallest absolute Gasteiger partial charge is 0.252 e. The van der Waals surface area contributed by atoms with E-state index in [4.69, 9.17) is 9.26 Å². The van der Waals surface area contributed by atoms with Crippen molar-refractivity contribution >= 4 is 23.2 Å². The Morgan fingerprint density at radius 2 is 2.37 bits per heavy atom. The predicted octanol–water partition coefficient (Wildman–Crippen LogP) is 1.37. The van der Waals surface area contributed by atoms with Crippen LogP contribution >= 0.6 is 11.3 Å². The lowest BCUT2D eigenvalue weighted by atomic mass is 9.80. The average Bonchev–Trinajstić information content (AvgIpc) is 3.37. The zero-order valence-electron chi connectivity index (χ0n) is 15.3. The number of thiophene rings is 1. The fraction of sp³-hybridized carbons (Fsp3) is 0.556. The maximum absolute atomic E-state index is 12.4. The van der Waals surface area contributed by atoms with Crippen molar-refractivity contribution in [3.05, 3.63) is 34.1 Å². The number of likely N-dealkylation sites (tertiary alicyclic amines) is 1. The fourth-order valence-corrected chi connectivity index (χ4v) is 5.01. The monoisotopic (exact) mass is 390 g/mol. The topological polar surface area (TPSA) is 97.6 Å². The van der Waals surface area contributed by atoms with Crippen LogP contribution in [0.25, 0.3) is 0 Å². The minimum atomic E-state index is -0.419. The molecule has 1 unspecified atom stereocenters. The molecule has 1 aliphatic heterocycles. The van der Waals surface area contributed by atoms with Crippen molar-refractivity contribution in [1.29, 1.82) is 0 Å². The number of hydrogen-bond donors (Lipinski definition) is 1. The molecule has 0 radical (unpaired) electrons. The number of amides is 2. The Kier molecular flexibility index (Phi) is 4.73. The molecule has 3 heterocycles. The molecular formula is C18H22N4O4S. The predicted molar refractivity (Wildman–Crippen MR) is 97.5 cm³/mol. The number of nitrogens with zero attached hydrogens (tertiary/aromatic N) is 3. The van der Waals surface area contributed by atoms with Gasteiger partial charge in [-0.2, -0.15) is 16.3 Å². The van der Waals surface area contributed by atoms with E-state index < -0.39 is 5.41 Å². The summed E-state index contributed by atoms with van der Waals surface area (Å²) in [5, 5.41) is 10.8. The van der Waals surface area contributed by atoms with Gasteiger partial charge in [-0.05, 0) is 37.1 Å². The highest BCUT2D eigenvalue weighted by Gasteiger charge is 2.58. The minimum Gasteiger partial charge on any atom is -0.375 e. The summed E-state index contributed by atoms with van der Waals surface area (Å²) in [5.74, 6) is 1.19. The zero-order valence-corrected chi connectivity index (χ0v) is 16.1. The van der Waals surface area contributed by atoms with Crippen LogP contribution in [-0.2, 0) is 14.9 Å². The number of carbonyl (C=O) groups is 2.